The van der Waals surface area contributed by atoms with Gasteiger partial charge in [0.15, 0.2) is 0 Å². The summed E-state index contributed by atoms with van der Waals surface area (Å²) in [5.41, 5.74) is 4.26. The fourth-order valence-corrected chi connectivity index (χ4v) is 4.90. The van der Waals surface area contributed by atoms with Gasteiger partial charge in [0.2, 0.25) is 0 Å². The molecule has 2 aliphatic heterocycles. The fraction of sp³-hybridized carbons (Fsp3) is 0.625. The normalized spacial score (nSPS) is 17.7. The lowest BCUT2D eigenvalue weighted by Crippen LogP contribution is -2.40. The molecule has 0 bridgehead atoms. The summed E-state index contributed by atoms with van der Waals surface area (Å²) in [6, 6.07) is 1.86. The summed E-state index contributed by atoms with van der Waals surface area (Å²) in [6.07, 6.45) is 6.01. The number of ether oxygens (including phenoxy) is 2. The van der Waals surface area contributed by atoms with E-state index in [0.29, 0.717) is 38.2 Å². The molecule has 174 valence electrons. The molecule has 0 aliphatic carbocycles. The highest BCUT2D eigenvalue weighted by Gasteiger charge is 2.39. The number of aryl methyl sites for hydroxylation is 4. The largest absolute Gasteiger partial charge is 0.461 e. The van der Waals surface area contributed by atoms with Crippen LogP contribution in [0, 0.1) is 12.3 Å². The van der Waals surface area contributed by atoms with E-state index < -0.39 is 0 Å². The topological polar surface area (TPSA) is 87.4 Å². The van der Waals surface area contributed by atoms with E-state index in [0.717, 1.165) is 61.5 Å². The van der Waals surface area contributed by atoms with Crippen molar-refractivity contribution in [1.29, 1.82) is 0 Å². The number of amides is 1. The Balaban J connectivity index is 1.45. The molecule has 4 heterocycles. The first kappa shape index (κ1) is 22.6. The zero-order valence-electron chi connectivity index (χ0n) is 19.4. The molecule has 2 aliphatic rings. The van der Waals surface area contributed by atoms with E-state index in [2.05, 4.69) is 5.32 Å². The minimum Gasteiger partial charge on any atom is -0.461 e. The Morgan fingerprint density at radius 3 is 2.81 bits per heavy atom. The van der Waals surface area contributed by atoms with Gasteiger partial charge in [-0.1, -0.05) is 6.92 Å². The first-order valence-electron chi connectivity index (χ1n) is 11.7. The SMILES string of the molecule is CCc1nn(CCCOC(=O)c2cc(C)cn2CC)c2c1C(=O)NCC1(CCOCC1)C2. The van der Waals surface area contributed by atoms with Gasteiger partial charge in [0.05, 0.1) is 23.6 Å². The molecule has 4 rings (SSSR count). The molecular formula is C24H34N4O4. The number of nitrogens with one attached hydrogen (secondary N) is 1. The predicted molar refractivity (Wildman–Crippen MR) is 120 cm³/mol. The van der Waals surface area contributed by atoms with E-state index in [1.807, 2.05) is 42.3 Å². The first-order chi connectivity index (χ1) is 15.5. The molecule has 1 N–H and O–H groups in total. The lowest BCUT2D eigenvalue weighted by atomic mass is 9.76. The van der Waals surface area contributed by atoms with Crippen molar-refractivity contribution in [1.82, 2.24) is 19.7 Å². The monoisotopic (exact) mass is 442 g/mol. The van der Waals surface area contributed by atoms with Crippen LogP contribution in [0.2, 0.25) is 0 Å². The maximum absolute atomic E-state index is 12.9. The van der Waals surface area contributed by atoms with Crippen LogP contribution < -0.4 is 5.32 Å². The minimum absolute atomic E-state index is 0.0198. The third-order valence-electron chi connectivity index (χ3n) is 6.74. The van der Waals surface area contributed by atoms with Gasteiger partial charge in [-0.15, -0.1) is 0 Å². The van der Waals surface area contributed by atoms with Crippen molar-refractivity contribution in [2.45, 2.75) is 66.0 Å². The molecule has 1 amide bonds. The number of nitrogens with zero attached hydrogens (tertiary/aromatic N) is 3. The van der Waals surface area contributed by atoms with E-state index in [1.54, 1.807) is 0 Å². The van der Waals surface area contributed by atoms with Crippen LogP contribution in [0.4, 0.5) is 0 Å². The number of fused-ring (bicyclic) bond motifs is 1. The Hall–Kier alpha value is -2.61. The van der Waals surface area contributed by atoms with Crippen molar-refractivity contribution in [3.05, 3.63) is 40.5 Å². The Kier molecular flexibility index (Phi) is 6.69. The summed E-state index contributed by atoms with van der Waals surface area (Å²) in [6.45, 7) is 9.81. The van der Waals surface area contributed by atoms with Crippen LogP contribution in [-0.4, -0.2) is 52.6 Å². The van der Waals surface area contributed by atoms with Crippen molar-refractivity contribution >= 4 is 11.9 Å². The van der Waals surface area contributed by atoms with Crippen LogP contribution in [-0.2, 0) is 35.4 Å². The molecule has 0 aromatic carbocycles. The first-order valence-corrected chi connectivity index (χ1v) is 11.7. The molecule has 0 atom stereocenters. The van der Waals surface area contributed by atoms with Crippen LogP contribution >= 0.6 is 0 Å². The third kappa shape index (κ3) is 4.46. The summed E-state index contributed by atoms with van der Waals surface area (Å²) >= 11 is 0. The molecule has 0 unspecified atom stereocenters. The van der Waals surface area contributed by atoms with Crippen molar-refractivity contribution in [2.75, 3.05) is 26.4 Å². The summed E-state index contributed by atoms with van der Waals surface area (Å²) in [5.74, 6) is -0.317. The Morgan fingerprint density at radius 2 is 2.09 bits per heavy atom. The van der Waals surface area contributed by atoms with E-state index in [-0.39, 0.29) is 17.3 Å². The molecule has 1 saturated heterocycles. The van der Waals surface area contributed by atoms with Gasteiger partial charge in [-0.2, -0.15) is 5.10 Å². The van der Waals surface area contributed by atoms with Crippen LogP contribution in [0.3, 0.4) is 0 Å². The van der Waals surface area contributed by atoms with Gasteiger partial charge < -0.3 is 19.4 Å². The molecule has 2 aromatic rings. The maximum atomic E-state index is 12.9. The lowest BCUT2D eigenvalue weighted by molar-refractivity contribution is 0.0152. The zero-order chi connectivity index (χ0) is 22.7. The van der Waals surface area contributed by atoms with E-state index in [4.69, 9.17) is 14.6 Å². The number of rotatable bonds is 7. The molecule has 8 nitrogen and oxygen atoms in total. The van der Waals surface area contributed by atoms with Crippen molar-refractivity contribution in [2.24, 2.45) is 5.41 Å². The number of aromatic nitrogens is 3. The quantitative estimate of drug-likeness (QED) is 0.526. The van der Waals surface area contributed by atoms with E-state index in [9.17, 15) is 9.59 Å². The lowest BCUT2D eigenvalue weighted by Gasteiger charge is -2.36. The van der Waals surface area contributed by atoms with Gasteiger partial charge in [-0.3, -0.25) is 9.48 Å². The summed E-state index contributed by atoms with van der Waals surface area (Å²) in [5, 5.41) is 7.91. The smallest absolute Gasteiger partial charge is 0.354 e. The second-order valence-electron chi connectivity index (χ2n) is 9.00. The Morgan fingerprint density at radius 1 is 1.31 bits per heavy atom. The standard InChI is InChI=1S/C24H34N4O4/c1-4-18-21-20(14-24(16-25-22(21)29)7-11-31-12-8-24)28(26-18)9-6-10-32-23(30)19-13-17(3)15-27(19)5-2/h13,15H,4-12,14,16H2,1-3H3,(H,25,29). The van der Waals surface area contributed by atoms with Crippen LogP contribution in [0.1, 0.15) is 70.9 Å². The third-order valence-corrected chi connectivity index (χ3v) is 6.74. The second kappa shape index (κ2) is 9.48. The molecule has 1 spiro atoms. The highest BCUT2D eigenvalue weighted by Crippen LogP contribution is 2.37. The Labute approximate surface area is 189 Å². The van der Waals surface area contributed by atoms with Gasteiger partial charge in [-0.25, -0.2) is 4.79 Å². The van der Waals surface area contributed by atoms with Crippen molar-refractivity contribution in [3.8, 4) is 0 Å². The molecule has 0 saturated carbocycles. The number of carbonyl (C=O) groups excluding carboxylic acids is 2. The van der Waals surface area contributed by atoms with Crippen molar-refractivity contribution in [3.63, 3.8) is 0 Å². The summed E-state index contributed by atoms with van der Waals surface area (Å²) in [4.78, 5) is 25.4. The van der Waals surface area contributed by atoms with Gasteiger partial charge in [-0.05, 0) is 56.6 Å². The molecule has 0 radical (unpaired) electrons. The van der Waals surface area contributed by atoms with Gasteiger partial charge in [0.25, 0.3) is 5.91 Å². The summed E-state index contributed by atoms with van der Waals surface area (Å²) < 4.78 is 15.0. The second-order valence-corrected chi connectivity index (χ2v) is 9.00. The average Bonchev–Trinajstić information content (AvgIpc) is 3.31. The number of hydrogen-bond acceptors (Lipinski definition) is 5. The summed E-state index contributed by atoms with van der Waals surface area (Å²) in [7, 11) is 0. The number of hydrogen-bond donors (Lipinski definition) is 1. The molecule has 1 fully saturated rings. The maximum Gasteiger partial charge on any atom is 0.354 e. The number of esters is 1. The van der Waals surface area contributed by atoms with E-state index >= 15 is 0 Å². The van der Waals surface area contributed by atoms with Gasteiger partial charge in [0.1, 0.15) is 5.69 Å². The van der Waals surface area contributed by atoms with Crippen LogP contribution in [0.25, 0.3) is 0 Å². The molecular weight excluding hydrogens is 408 g/mol. The molecule has 8 heteroatoms. The van der Waals surface area contributed by atoms with Crippen LogP contribution in [0.5, 0.6) is 0 Å². The van der Waals surface area contributed by atoms with Gasteiger partial charge in [0, 0.05) is 45.5 Å². The fourth-order valence-electron chi connectivity index (χ4n) is 4.90. The number of carbonyl (C=O) groups is 2. The van der Waals surface area contributed by atoms with Crippen molar-refractivity contribution < 1.29 is 19.1 Å². The highest BCUT2D eigenvalue weighted by atomic mass is 16.5. The highest BCUT2D eigenvalue weighted by molar-refractivity contribution is 5.97. The minimum atomic E-state index is -0.297. The molecule has 32 heavy (non-hydrogen) atoms. The average molecular weight is 443 g/mol. The zero-order valence-corrected chi connectivity index (χ0v) is 19.4. The Bertz CT molecular complexity index is 985. The molecule has 2 aromatic heterocycles. The van der Waals surface area contributed by atoms with E-state index in [1.165, 1.54) is 0 Å². The predicted octanol–water partition coefficient (Wildman–Crippen LogP) is 2.91. The van der Waals surface area contributed by atoms with Gasteiger partial charge >= 0.3 is 5.97 Å². The van der Waals surface area contributed by atoms with Crippen LogP contribution in [0.15, 0.2) is 12.3 Å².